The minimum atomic E-state index is -0.587. The fraction of sp³-hybridized carbons (Fsp3) is 0.667. The molecule has 0 bridgehead atoms. The number of rotatable bonds is 1. The first-order valence-corrected chi connectivity index (χ1v) is 4.60. The number of amides is 3. The Morgan fingerprint density at radius 2 is 2.25 bits per heavy atom. The summed E-state index contributed by atoms with van der Waals surface area (Å²) in [5.41, 5.74) is 0. The van der Waals surface area contributed by atoms with Gasteiger partial charge in [0.2, 0.25) is 0 Å². The van der Waals surface area contributed by atoms with Gasteiger partial charge in [0.1, 0.15) is 0 Å². The maximum atomic E-state index is 11.3. The smallest absolute Gasteiger partial charge is 0.417 e. The van der Waals surface area contributed by atoms with Crippen LogP contribution in [0.1, 0.15) is 0 Å². The van der Waals surface area contributed by atoms with Crippen molar-refractivity contribution in [1.82, 2.24) is 9.21 Å². The minimum Gasteiger partial charge on any atom is -0.452 e. The Balaban J connectivity index is 2.60. The summed E-state index contributed by atoms with van der Waals surface area (Å²) in [6.07, 6.45) is 1.20. The molecule has 68 valence electrons. The molecule has 5 nitrogen and oxygen atoms in total. The van der Waals surface area contributed by atoms with Crippen LogP contribution in [0.15, 0.2) is 0 Å². The number of ether oxygens (including phenoxy) is 1. The third-order valence-corrected chi connectivity index (χ3v) is 2.37. The summed E-state index contributed by atoms with van der Waals surface area (Å²) < 4.78 is 5.94. The highest BCUT2D eigenvalue weighted by Crippen LogP contribution is 2.16. The van der Waals surface area contributed by atoms with E-state index in [2.05, 4.69) is 4.74 Å². The molecular weight excluding hydrogens is 180 g/mol. The summed E-state index contributed by atoms with van der Waals surface area (Å²) in [7, 11) is 1.26. The zero-order valence-electron chi connectivity index (χ0n) is 6.94. The van der Waals surface area contributed by atoms with Gasteiger partial charge in [0, 0.05) is 6.26 Å². The van der Waals surface area contributed by atoms with Gasteiger partial charge in [-0.25, -0.2) is 14.5 Å². The fourth-order valence-corrected chi connectivity index (χ4v) is 1.48. The van der Waals surface area contributed by atoms with Gasteiger partial charge in [-0.2, -0.15) is 0 Å². The molecule has 0 aromatic carbocycles. The van der Waals surface area contributed by atoms with Crippen LogP contribution in [0.3, 0.4) is 0 Å². The molecule has 0 atom stereocenters. The molecule has 1 fully saturated rings. The lowest BCUT2D eigenvalue weighted by Crippen LogP contribution is -2.33. The van der Waals surface area contributed by atoms with Crippen molar-refractivity contribution in [2.45, 2.75) is 0 Å². The fourth-order valence-electron chi connectivity index (χ4n) is 0.966. The molecule has 1 heterocycles. The molecule has 0 radical (unpaired) electrons. The van der Waals surface area contributed by atoms with Gasteiger partial charge < -0.3 is 4.74 Å². The van der Waals surface area contributed by atoms with Crippen molar-refractivity contribution in [1.29, 1.82) is 0 Å². The normalized spacial score (nSPS) is 17.0. The van der Waals surface area contributed by atoms with Gasteiger partial charge in [0.25, 0.3) is 0 Å². The quantitative estimate of drug-likeness (QED) is 0.573. The molecule has 0 unspecified atom stereocenters. The lowest BCUT2D eigenvalue weighted by atomic mass is 10.6. The lowest BCUT2D eigenvalue weighted by molar-refractivity contribution is 0.136. The van der Waals surface area contributed by atoms with E-state index in [1.807, 2.05) is 0 Å². The molecule has 3 amide bonds. The average molecular weight is 190 g/mol. The molecule has 12 heavy (non-hydrogen) atoms. The van der Waals surface area contributed by atoms with Gasteiger partial charge in [-0.3, -0.25) is 4.31 Å². The second-order valence-electron chi connectivity index (χ2n) is 2.19. The van der Waals surface area contributed by atoms with Crippen molar-refractivity contribution in [3.05, 3.63) is 0 Å². The first kappa shape index (κ1) is 9.18. The van der Waals surface area contributed by atoms with Crippen molar-refractivity contribution in [2.75, 3.05) is 26.5 Å². The molecule has 0 spiro atoms. The Hall–Kier alpha value is -0.910. The van der Waals surface area contributed by atoms with Gasteiger partial charge in [-0.05, 0) is 11.9 Å². The molecule has 1 aliphatic rings. The number of urea groups is 1. The van der Waals surface area contributed by atoms with E-state index < -0.39 is 6.09 Å². The molecule has 1 saturated heterocycles. The van der Waals surface area contributed by atoms with Crippen LogP contribution in [0.4, 0.5) is 9.59 Å². The minimum absolute atomic E-state index is 0.297. The predicted molar refractivity (Wildman–Crippen MR) is 44.7 cm³/mol. The number of carbonyl (C=O) groups excluding carboxylic acids is 2. The summed E-state index contributed by atoms with van der Waals surface area (Å²) >= 11 is 1.31. The molecule has 6 heteroatoms. The summed E-state index contributed by atoms with van der Waals surface area (Å²) in [5, 5.41) is 0. The molecule has 0 aromatic heterocycles. The Morgan fingerprint density at radius 1 is 1.58 bits per heavy atom. The van der Waals surface area contributed by atoms with Crippen LogP contribution in [0.2, 0.25) is 0 Å². The van der Waals surface area contributed by atoms with E-state index in [1.54, 1.807) is 6.26 Å². The van der Waals surface area contributed by atoms with E-state index in [-0.39, 0.29) is 6.03 Å². The third kappa shape index (κ3) is 1.47. The molecule has 1 rings (SSSR count). The van der Waals surface area contributed by atoms with Crippen LogP contribution in [0, 0.1) is 0 Å². The number of hydrogen-bond donors (Lipinski definition) is 0. The van der Waals surface area contributed by atoms with Crippen LogP contribution in [0.5, 0.6) is 0 Å². The first-order valence-electron chi connectivity index (χ1n) is 3.41. The third-order valence-electron chi connectivity index (χ3n) is 1.59. The van der Waals surface area contributed by atoms with Crippen molar-refractivity contribution < 1.29 is 14.3 Å². The Morgan fingerprint density at radius 3 is 2.67 bits per heavy atom. The first-order chi connectivity index (χ1) is 5.70. The highest BCUT2D eigenvalue weighted by molar-refractivity contribution is 7.96. The Kier molecular flexibility index (Phi) is 2.80. The van der Waals surface area contributed by atoms with Crippen LogP contribution in [-0.4, -0.2) is 47.8 Å². The van der Waals surface area contributed by atoms with Crippen LogP contribution >= 0.6 is 11.9 Å². The number of hydrogen-bond acceptors (Lipinski definition) is 4. The number of carbonyl (C=O) groups is 2. The molecule has 0 aromatic rings. The van der Waals surface area contributed by atoms with Gasteiger partial charge in [0.15, 0.2) is 0 Å². The molecular formula is C6H10N2O3S. The van der Waals surface area contributed by atoms with Crippen LogP contribution in [-0.2, 0) is 4.74 Å². The van der Waals surface area contributed by atoms with Gasteiger partial charge in [-0.15, -0.1) is 0 Å². The molecule has 0 N–H and O–H groups in total. The average Bonchev–Trinajstić information content (AvgIpc) is 2.45. The molecule has 0 aliphatic carbocycles. The lowest BCUT2D eigenvalue weighted by Gasteiger charge is -2.12. The van der Waals surface area contributed by atoms with Gasteiger partial charge >= 0.3 is 12.1 Å². The summed E-state index contributed by atoms with van der Waals surface area (Å²) in [4.78, 5) is 23.3. The van der Waals surface area contributed by atoms with E-state index in [0.717, 1.165) is 4.90 Å². The zero-order chi connectivity index (χ0) is 9.14. The van der Waals surface area contributed by atoms with Crippen molar-refractivity contribution in [3.8, 4) is 0 Å². The van der Waals surface area contributed by atoms with E-state index in [9.17, 15) is 9.59 Å². The van der Waals surface area contributed by atoms with Crippen molar-refractivity contribution in [2.24, 2.45) is 0 Å². The standard InChI is InChI=1S/C6H10N2O3S/c1-11-6(10)7-3-4-8(12-2)5(7)9/h3-4H2,1-2H3. The second kappa shape index (κ2) is 3.66. The van der Waals surface area contributed by atoms with Gasteiger partial charge in [-0.1, -0.05) is 0 Å². The molecule has 0 saturated carbocycles. The second-order valence-corrected chi connectivity index (χ2v) is 2.99. The van der Waals surface area contributed by atoms with E-state index in [1.165, 1.54) is 23.4 Å². The van der Waals surface area contributed by atoms with Crippen LogP contribution < -0.4 is 0 Å². The van der Waals surface area contributed by atoms with Crippen molar-refractivity contribution in [3.63, 3.8) is 0 Å². The maximum Gasteiger partial charge on any atom is 0.417 e. The number of nitrogens with zero attached hydrogens (tertiary/aromatic N) is 2. The van der Waals surface area contributed by atoms with E-state index >= 15 is 0 Å². The molecule has 1 aliphatic heterocycles. The summed E-state index contributed by atoms with van der Waals surface area (Å²) in [5.74, 6) is 0. The number of imide groups is 1. The van der Waals surface area contributed by atoms with E-state index in [4.69, 9.17) is 0 Å². The zero-order valence-corrected chi connectivity index (χ0v) is 7.76. The highest BCUT2D eigenvalue weighted by Gasteiger charge is 2.33. The SMILES string of the molecule is COC(=O)N1CCN(SC)C1=O. The highest BCUT2D eigenvalue weighted by atomic mass is 32.2. The monoisotopic (exact) mass is 190 g/mol. The maximum absolute atomic E-state index is 11.3. The van der Waals surface area contributed by atoms with E-state index in [0.29, 0.717) is 13.1 Å². The summed E-state index contributed by atoms with van der Waals surface area (Å²) in [6, 6.07) is -0.297. The topological polar surface area (TPSA) is 49.9 Å². The number of methoxy groups -OCH3 is 1. The van der Waals surface area contributed by atoms with Crippen LogP contribution in [0.25, 0.3) is 0 Å². The Bertz CT molecular complexity index is 209. The predicted octanol–water partition coefficient (Wildman–Crippen LogP) is 0.768. The Labute approximate surface area is 74.8 Å². The largest absolute Gasteiger partial charge is 0.452 e. The van der Waals surface area contributed by atoms with Gasteiger partial charge in [0.05, 0.1) is 20.2 Å². The summed E-state index contributed by atoms with van der Waals surface area (Å²) in [6.45, 7) is 0.974. The van der Waals surface area contributed by atoms with Crippen molar-refractivity contribution >= 4 is 24.1 Å².